The number of fused-ring (bicyclic) bond motifs is 4. The van der Waals surface area contributed by atoms with Gasteiger partial charge >= 0.3 is 8.25 Å². The fourth-order valence-electron chi connectivity index (χ4n) is 5.92. The molecule has 44 heavy (non-hydrogen) atoms. The van der Waals surface area contributed by atoms with Crippen molar-refractivity contribution in [3.8, 4) is 0 Å². The summed E-state index contributed by atoms with van der Waals surface area (Å²) in [6, 6.07) is 0. The number of aliphatic hydroxyl groups excluding tert-OH is 1. The zero-order chi connectivity index (χ0) is 30.7. The lowest BCUT2D eigenvalue weighted by molar-refractivity contribution is -0.183. The van der Waals surface area contributed by atoms with Crippen molar-refractivity contribution >= 4 is 42.3 Å². The summed E-state index contributed by atoms with van der Waals surface area (Å²) in [5.74, 6) is 0.0759. The van der Waals surface area contributed by atoms with Crippen LogP contribution in [0, 0.1) is 0 Å². The third-order valence-electron chi connectivity index (χ3n) is 7.88. The number of hydrogen-bond donors (Lipinski definition) is 4. The van der Waals surface area contributed by atoms with Crippen LogP contribution in [-0.2, 0) is 37.3 Å². The number of methoxy groups -OCH3 is 2. The Hall–Kier alpha value is -3.72. The average molecular weight is 636 g/mol. The minimum Gasteiger partial charge on any atom is -0.385 e. The third-order valence-corrected chi connectivity index (χ3v) is 8.63. The van der Waals surface area contributed by atoms with Crippen molar-refractivity contribution in [1.82, 2.24) is 39.0 Å². The number of nitrogens with one attached hydrogen (secondary N) is 1. The molecule has 0 radical (unpaired) electrons. The first-order valence-corrected chi connectivity index (χ1v) is 14.4. The first-order chi connectivity index (χ1) is 21.2. The van der Waals surface area contributed by atoms with E-state index in [-0.39, 0.29) is 42.8 Å². The number of H-pyrrole nitrogens is 1. The molecule has 0 saturated carbocycles. The van der Waals surface area contributed by atoms with Gasteiger partial charge in [0, 0.05) is 18.8 Å². The highest BCUT2D eigenvalue weighted by molar-refractivity contribution is 7.33. The number of ether oxygens (including phenoxy) is 5. The number of rotatable bonds is 10. The fourth-order valence-corrected chi connectivity index (χ4v) is 6.77. The SMILES string of the molecule is COC[C@H]1O[C@@H](n2cnc3c(N)ncnc32)[C@H](O)[C@@H]1O[P+](=O)OC[C@@]12CO[C@@H]([C@H](n3cnc4c(=O)[nH]c(N)nc43)O1)[C@@H]2OC. The minimum absolute atomic E-state index is 0.0153. The van der Waals surface area contributed by atoms with Gasteiger partial charge in [-0.25, -0.2) is 19.9 Å². The number of aromatic amines is 1. The van der Waals surface area contributed by atoms with Gasteiger partial charge in [-0.1, -0.05) is 0 Å². The first kappa shape index (κ1) is 29.0. The maximum absolute atomic E-state index is 13.2. The van der Waals surface area contributed by atoms with E-state index in [1.807, 2.05) is 0 Å². The van der Waals surface area contributed by atoms with E-state index in [2.05, 4.69) is 29.9 Å². The van der Waals surface area contributed by atoms with Gasteiger partial charge in [0.05, 0.1) is 25.9 Å². The molecule has 4 aromatic heterocycles. The normalized spacial score (nSPS) is 31.9. The Morgan fingerprint density at radius 2 is 1.91 bits per heavy atom. The molecule has 7 heterocycles. The van der Waals surface area contributed by atoms with Crippen molar-refractivity contribution in [3.63, 3.8) is 0 Å². The van der Waals surface area contributed by atoms with Gasteiger partial charge in [0.25, 0.3) is 5.56 Å². The second-order valence-electron chi connectivity index (χ2n) is 10.4. The van der Waals surface area contributed by atoms with Crippen LogP contribution in [0.2, 0.25) is 0 Å². The number of aromatic nitrogens is 8. The van der Waals surface area contributed by atoms with Crippen LogP contribution in [0.5, 0.6) is 0 Å². The van der Waals surface area contributed by atoms with E-state index >= 15 is 0 Å². The number of nitrogens with zero attached hydrogens (tertiary/aromatic N) is 7. The van der Waals surface area contributed by atoms with Gasteiger partial charge in [-0.3, -0.25) is 18.9 Å². The summed E-state index contributed by atoms with van der Waals surface area (Å²) in [6.07, 6.45) is -2.31. The smallest absolute Gasteiger partial charge is 0.385 e. The fraction of sp³-hybridized carbons (Fsp3) is 0.565. The van der Waals surface area contributed by atoms with Crippen LogP contribution in [0.4, 0.5) is 11.8 Å². The molecule has 3 fully saturated rings. The Morgan fingerprint density at radius 3 is 2.68 bits per heavy atom. The standard InChI is InChI=1S/C23H27N10O10P/c1-37-3-9-13(12(34)20(41-9)32-7-28-10-16(24)26-6-27-17(10)32)43-44(36)40-5-23-4-39-14(15(23)38-2)21(42-23)33-8-29-11-18(33)30-22(25)31-19(11)35/h6-9,12-15,20-21,34H,3-5H2,1-2H3,(H4-,24,25,26,27,30,31,35)/p+1/t9-,12-,13-,14-,15+,20-,21-,23-/m1/s1. The maximum Gasteiger partial charge on any atom is 0.697 e. The molecule has 7 rings (SSSR count). The van der Waals surface area contributed by atoms with Crippen molar-refractivity contribution in [2.45, 2.75) is 48.6 Å². The summed E-state index contributed by atoms with van der Waals surface area (Å²) >= 11 is 0. The van der Waals surface area contributed by atoms with Crippen LogP contribution in [-0.4, -0.2) is 114 Å². The lowest BCUT2D eigenvalue weighted by Crippen LogP contribution is -2.45. The summed E-state index contributed by atoms with van der Waals surface area (Å²) in [6.45, 7) is -0.191. The molecule has 0 spiro atoms. The van der Waals surface area contributed by atoms with Crippen LogP contribution in [0.25, 0.3) is 22.3 Å². The van der Waals surface area contributed by atoms with E-state index in [9.17, 15) is 14.5 Å². The third kappa shape index (κ3) is 4.54. The van der Waals surface area contributed by atoms with Crippen molar-refractivity contribution < 1.29 is 42.4 Å². The second-order valence-corrected chi connectivity index (χ2v) is 11.4. The molecular weight excluding hydrogens is 607 g/mol. The van der Waals surface area contributed by atoms with Crippen LogP contribution in [0.15, 0.2) is 23.8 Å². The van der Waals surface area contributed by atoms with Crippen molar-refractivity contribution in [2.75, 3.05) is 45.5 Å². The Balaban J connectivity index is 1.07. The number of anilines is 2. The van der Waals surface area contributed by atoms with Crippen LogP contribution >= 0.6 is 8.25 Å². The highest BCUT2D eigenvalue weighted by Crippen LogP contribution is 2.48. The maximum atomic E-state index is 13.2. The van der Waals surface area contributed by atoms with E-state index in [0.717, 1.165) is 0 Å². The molecule has 6 N–H and O–H groups in total. The van der Waals surface area contributed by atoms with Crippen molar-refractivity contribution in [2.24, 2.45) is 0 Å². The lowest BCUT2D eigenvalue weighted by Gasteiger charge is -2.29. The van der Waals surface area contributed by atoms with E-state index in [0.29, 0.717) is 11.2 Å². The molecule has 0 amide bonds. The molecule has 3 aliphatic rings. The van der Waals surface area contributed by atoms with Gasteiger partial charge in [-0.2, -0.15) is 4.98 Å². The van der Waals surface area contributed by atoms with E-state index < -0.39 is 62.4 Å². The zero-order valence-electron chi connectivity index (χ0n) is 23.2. The number of nitrogen functional groups attached to an aromatic ring is 2. The largest absolute Gasteiger partial charge is 0.697 e. The quantitative estimate of drug-likeness (QED) is 0.149. The van der Waals surface area contributed by atoms with Gasteiger partial charge in [0.2, 0.25) is 5.95 Å². The summed E-state index contributed by atoms with van der Waals surface area (Å²) in [7, 11) is 0.108. The molecule has 4 aromatic rings. The summed E-state index contributed by atoms with van der Waals surface area (Å²) < 4.78 is 56.8. The Kier molecular flexibility index (Phi) is 7.27. The first-order valence-electron chi connectivity index (χ1n) is 13.3. The predicted molar refractivity (Wildman–Crippen MR) is 146 cm³/mol. The molecule has 2 bridgehead atoms. The van der Waals surface area contributed by atoms with Gasteiger partial charge < -0.3 is 40.3 Å². The van der Waals surface area contributed by atoms with E-state index in [1.165, 1.54) is 42.3 Å². The molecule has 3 aliphatic heterocycles. The number of imidazole rings is 2. The van der Waals surface area contributed by atoms with Gasteiger partial charge in [0.15, 0.2) is 46.8 Å². The van der Waals surface area contributed by atoms with Crippen LogP contribution < -0.4 is 17.0 Å². The van der Waals surface area contributed by atoms with Crippen LogP contribution in [0.3, 0.4) is 0 Å². The Morgan fingerprint density at radius 1 is 1.14 bits per heavy atom. The Bertz CT molecular complexity index is 1780. The molecule has 3 saturated heterocycles. The monoisotopic (exact) mass is 635 g/mol. The number of nitrogens with two attached hydrogens (primary N) is 2. The minimum atomic E-state index is -2.83. The van der Waals surface area contributed by atoms with Gasteiger partial charge in [-0.15, -0.1) is 9.05 Å². The van der Waals surface area contributed by atoms with Crippen LogP contribution in [0.1, 0.15) is 12.5 Å². The second kappa shape index (κ2) is 11.0. The summed E-state index contributed by atoms with van der Waals surface area (Å²) in [5, 5.41) is 11.2. The average Bonchev–Trinajstić information content (AvgIpc) is 3.81. The lowest BCUT2D eigenvalue weighted by atomic mass is 10.0. The molecule has 0 aromatic carbocycles. The molecule has 0 aliphatic carbocycles. The number of aliphatic hydroxyl groups is 1. The van der Waals surface area contributed by atoms with Gasteiger partial charge in [0.1, 0.15) is 42.9 Å². The van der Waals surface area contributed by atoms with E-state index in [4.69, 9.17) is 44.2 Å². The number of hydrogen-bond acceptors (Lipinski definition) is 17. The van der Waals surface area contributed by atoms with Crippen molar-refractivity contribution in [3.05, 3.63) is 29.3 Å². The van der Waals surface area contributed by atoms with Crippen molar-refractivity contribution in [1.29, 1.82) is 0 Å². The summed E-state index contributed by atoms with van der Waals surface area (Å²) in [4.78, 5) is 35.3. The summed E-state index contributed by atoms with van der Waals surface area (Å²) in [5.41, 5.74) is 10.9. The molecule has 1 unspecified atom stereocenters. The van der Waals surface area contributed by atoms with E-state index in [1.54, 1.807) is 0 Å². The molecule has 9 atom stereocenters. The van der Waals surface area contributed by atoms with Gasteiger partial charge in [-0.05, 0) is 0 Å². The molecular formula is C23H28N10O10P+. The Labute approximate surface area is 247 Å². The zero-order valence-corrected chi connectivity index (χ0v) is 24.1. The highest BCUT2D eigenvalue weighted by Gasteiger charge is 2.64. The molecule has 20 nitrogen and oxygen atoms in total. The molecule has 21 heteroatoms. The highest BCUT2D eigenvalue weighted by atomic mass is 31.1. The topological polar surface area (TPSA) is 261 Å². The predicted octanol–water partition coefficient (Wildman–Crippen LogP) is -1.23. The molecule has 234 valence electrons.